The number of thioether (sulfide) groups is 1. The lowest BCUT2D eigenvalue weighted by Crippen LogP contribution is -2.31. The van der Waals surface area contributed by atoms with E-state index in [9.17, 15) is 0 Å². The van der Waals surface area contributed by atoms with E-state index < -0.39 is 0 Å². The Balaban J connectivity index is 2.15. The number of hydrogen-bond donors (Lipinski definition) is 0. The summed E-state index contributed by atoms with van der Waals surface area (Å²) in [6, 6.07) is 2.46. The third kappa shape index (κ3) is 3.51. The molecule has 2 rings (SSSR count). The molecule has 100 valence electrons. The van der Waals surface area contributed by atoms with Gasteiger partial charge in [-0.1, -0.05) is 49.0 Å². The summed E-state index contributed by atoms with van der Waals surface area (Å²) >= 11 is 7.58. The van der Waals surface area contributed by atoms with Crippen molar-refractivity contribution in [3.05, 3.63) is 11.2 Å². The number of hydrogen-bond acceptors (Lipinski definition) is 4. The highest BCUT2D eigenvalue weighted by molar-refractivity contribution is 7.98. The molecule has 0 saturated heterocycles. The van der Waals surface area contributed by atoms with Crippen LogP contribution in [0.1, 0.15) is 38.5 Å². The van der Waals surface area contributed by atoms with Crippen LogP contribution in [-0.4, -0.2) is 29.3 Å². The van der Waals surface area contributed by atoms with E-state index in [1.165, 1.54) is 50.3 Å². The molecule has 3 nitrogen and oxygen atoms in total. The van der Waals surface area contributed by atoms with Crippen LogP contribution in [0.4, 0.5) is 5.82 Å². The molecule has 0 radical (unpaired) electrons. The summed E-state index contributed by atoms with van der Waals surface area (Å²) in [7, 11) is 2.12. The number of nitrogens with zero attached hydrogens (tertiary/aromatic N) is 3. The summed E-state index contributed by atoms with van der Waals surface area (Å²) in [5, 5.41) is 1.28. The van der Waals surface area contributed by atoms with Gasteiger partial charge in [0.2, 0.25) is 0 Å². The van der Waals surface area contributed by atoms with Crippen molar-refractivity contribution < 1.29 is 0 Å². The first-order valence-electron chi connectivity index (χ1n) is 6.52. The van der Waals surface area contributed by atoms with E-state index in [2.05, 4.69) is 21.9 Å². The van der Waals surface area contributed by atoms with Crippen molar-refractivity contribution in [3.63, 3.8) is 0 Å². The zero-order valence-corrected chi connectivity index (χ0v) is 12.6. The highest BCUT2D eigenvalue weighted by Crippen LogP contribution is 2.26. The minimum absolute atomic E-state index is 0.532. The summed E-state index contributed by atoms with van der Waals surface area (Å²) < 4.78 is 0. The smallest absolute Gasteiger partial charge is 0.190 e. The third-order valence-corrected chi connectivity index (χ3v) is 4.32. The van der Waals surface area contributed by atoms with Gasteiger partial charge < -0.3 is 4.90 Å². The molecular formula is C13H20ClN3S. The molecule has 1 aliphatic rings. The maximum atomic E-state index is 6.05. The van der Waals surface area contributed by atoms with Gasteiger partial charge in [0.25, 0.3) is 0 Å². The van der Waals surface area contributed by atoms with Crippen molar-refractivity contribution in [2.75, 3.05) is 18.2 Å². The van der Waals surface area contributed by atoms with Crippen LogP contribution in [0.15, 0.2) is 11.2 Å². The Morgan fingerprint density at radius 2 is 1.89 bits per heavy atom. The lowest BCUT2D eigenvalue weighted by atomic mass is 10.1. The lowest BCUT2D eigenvalue weighted by molar-refractivity contribution is 0.547. The van der Waals surface area contributed by atoms with Gasteiger partial charge in [-0.05, 0) is 19.1 Å². The van der Waals surface area contributed by atoms with Crippen LogP contribution in [0.3, 0.4) is 0 Å². The van der Waals surface area contributed by atoms with Gasteiger partial charge in [-0.3, -0.25) is 0 Å². The minimum atomic E-state index is 0.532. The van der Waals surface area contributed by atoms with Crippen LogP contribution < -0.4 is 4.90 Å². The Morgan fingerprint density at radius 1 is 1.22 bits per heavy atom. The van der Waals surface area contributed by atoms with Gasteiger partial charge >= 0.3 is 0 Å². The zero-order chi connectivity index (χ0) is 13.0. The van der Waals surface area contributed by atoms with Crippen LogP contribution >= 0.6 is 23.4 Å². The van der Waals surface area contributed by atoms with Crippen LogP contribution in [0.5, 0.6) is 0 Å². The maximum absolute atomic E-state index is 6.05. The molecule has 1 aromatic rings. The molecule has 0 atom stereocenters. The van der Waals surface area contributed by atoms with Gasteiger partial charge in [-0.25, -0.2) is 9.97 Å². The molecule has 0 bridgehead atoms. The largest absolute Gasteiger partial charge is 0.357 e. The molecule has 1 aliphatic carbocycles. The van der Waals surface area contributed by atoms with E-state index in [4.69, 9.17) is 11.6 Å². The summed E-state index contributed by atoms with van der Waals surface area (Å²) in [5.41, 5.74) is 0. The second-order valence-corrected chi connectivity index (χ2v) is 5.95. The Morgan fingerprint density at radius 3 is 2.50 bits per heavy atom. The molecule has 1 heterocycles. The lowest BCUT2D eigenvalue weighted by Gasteiger charge is -2.28. The second kappa shape index (κ2) is 6.62. The van der Waals surface area contributed by atoms with Crippen LogP contribution in [0, 0.1) is 0 Å². The number of aromatic nitrogens is 2. The van der Waals surface area contributed by atoms with Gasteiger partial charge in [0, 0.05) is 19.2 Å². The zero-order valence-electron chi connectivity index (χ0n) is 11.0. The minimum Gasteiger partial charge on any atom is -0.357 e. The molecule has 0 aromatic carbocycles. The van der Waals surface area contributed by atoms with E-state index >= 15 is 0 Å². The fourth-order valence-electron chi connectivity index (χ4n) is 2.49. The first-order chi connectivity index (χ1) is 8.70. The van der Waals surface area contributed by atoms with E-state index in [1.54, 1.807) is 0 Å². The van der Waals surface area contributed by atoms with Crippen molar-refractivity contribution in [2.45, 2.75) is 49.7 Å². The standard InChI is InChI=1S/C13H20ClN3S/c1-17(10-7-5-3-4-6-8-10)12-9-11(14)15-13(16-12)18-2/h9-10H,3-8H2,1-2H3. The second-order valence-electron chi connectivity index (χ2n) is 4.79. The van der Waals surface area contributed by atoms with Gasteiger partial charge in [-0.15, -0.1) is 0 Å². The summed E-state index contributed by atoms with van der Waals surface area (Å²) in [4.78, 5) is 11.0. The van der Waals surface area contributed by atoms with Gasteiger partial charge in [-0.2, -0.15) is 0 Å². The number of rotatable bonds is 3. The van der Waals surface area contributed by atoms with Crippen LogP contribution in [0.25, 0.3) is 0 Å². The summed E-state index contributed by atoms with van der Waals surface area (Å²) in [6.07, 6.45) is 9.86. The van der Waals surface area contributed by atoms with Gasteiger partial charge in [0.05, 0.1) is 0 Å². The molecule has 0 unspecified atom stereocenters. The fraction of sp³-hybridized carbons (Fsp3) is 0.692. The molecule has 1 fully saturated rings. The summed E-state index contributed by atoms with van der Waals surface area (Å²) in [6.45, 7) is 0. The predicted octanol–water partition coefficient (Wildman–Crippen LogP) is 4.01. The number of halogens is 1. The fourth-order valence-corrected chi connectivity index (χ4v) is 3.09. The van der Waals surface area contributed by atoms with Crippen LogP contribution in [0.2, 0.25) is 5.15 Å². The van der Waals surface area contributed by atoms with Crippen LogP contribution in [-0.2, 0) is 0 Å². The molecule has 0 spiro atoms. The highest BCUT2D eigenvalue weighted by Gasteiger charge is 2.19. The van der Waals surface area contributed by atoms with E-state index in [0.717, 1.165) is 11.0 Å². The Hall–Kier alpha value is -0.480. The normalized spacial score (nSPS) is 17.5. The van der Waals surface area contributed by atoms with Gasteiger partial charge in [0.15, 0.2) is 5.16 Å². The van der Waals surface area contributed by atoms with Crippen molar-refractivity contribution >= 4 is 29.2 Å². The molecule has 1 saturated carbocycles. The molecule has 1 aromatic heterocycles. The van der Waals surface area contributed by atoms with E-state index in [1.807, 2.05) is 12.3 Å². The Bertz CT molecular complexity index is 392. The van der Waals surface area contributed by atoms with Crippen molar-refractivity contribution in [3.8, 4) is 0 Å². The monoisotopic (exact) mass is 285 g/mol. The quantitative estimate of drug-likeness (QED) is 0.363. The first-order valence-corrected chi connectivity index (χ1v) is 8.12. The van der Waals surface area contributed by atoms with Crippen molar-refractivity contribution in [2.24, 2.45) is 0 Å². The van der Waals surface area contributed by atoms with E-state index in [0.29, 0.717) is 11.2 Å². The third-order valence-electron chi connectivity index (χ3n) is 3.58. The molecule has 0 N–H and O–H groups in total. The van der Waals surface area contributed by atoms with Crippen molar-refractivity contribution in [1.29, 1.82) is 0 Å². The highest BCUT2D eigenvalue weighted by atomic mass is 35.5. The van der Waals surface area contributed by atoms with E-state index in [-0.39, 0.29) is 0 Å². The Kier molecular flexibility index (Phi) is 5.13. The predicted molar refractivity (Wildman–Crippen MR) is 78.7 cm³/mol. The summed E-state index contributed by atoms with van der Waals surface area (Å²) in [5.74, 6) is 0.950. The Labute approximate surface area is 118 Å². The first kappa shape index (κ1) is 13.9. The average Bonchev–Trinajstić information content (AvgIpc) is 2.65. The SMILES string of the molecule is CSc1nc(Cl)cc(N(C)C2CCCCCC2)n1. The topological polar surface area (TPSA) is 29.0 Å². The van der Waals surface area contributed by atoms with Gasteiger partial charge in [0.1, 0.15) is 11.0 Å². The number of anilines is 1. The maximum Gasteiger partial charge on any atom is 0.190 e. The molecule has 18 heavy (non-hydrogen) atoms. The molecule has 5 heteroatoms. The molecular weight excluding hydrogens is 266 g/mol. The molecule has 0 aliphatic heterocycles. The average molecular weight is 286 g/mol. The van der Waals surface area contributed by atoms with Crippen molar-refractivity contribution in [1.82, 2.24) is 9.97 Å². The molecule has 0 amide bonds.